The fourth-order valence-corrected chi connectivity index (χ4v) is 2.02. The molecule has 0 saturated carbocycles. The predicted octanol–water partition coefficient (Wildman–Crippen LogP) is 1.66. The molecule has 0 aromatic heterocycles. The van der Waals surface area contributed by atoms with Crippen LogP contribution in [0.2, 0.25) is 0 Å². The molecule has 0 aliphatic carbocycles. The lowest BCUT2D eigenvalue weighted by Gasteiger charge is -2.20. The highest BCUT2D eigenvalue weighted by atomic mass is 16.5. The van der Waals surface area contributed by atoms with Crippen molar-refractivity contribution < 1.29 is 9.53 Å². The Balaban J connectivity index is 2.32. The summed E-state index contributed by atoms with van der Waals surface area (Å²) in [6.45, 7) is 2.02. The van der Waals surface area contributed by atoms with Crippen LogP contribution in [0.4, 0.5) is 11.4 Å². The van der Waals surface area contributed by atoms with Gasteiger partial charge in [0.05, 0.1) is 24.0 Å². The predicted molar refractivity (Wildman–Crippen MR) is 63.6 cm³/mol. The number of nitrogen functional groups attached to an aromatic ring is 1. The Kier molecular flexibility index (Phi) is 2.99. The van der Waals surface area contributed by atoms with Crippen LogP contribution in [-0.4, -0.2) is 26.2 Å². The van der Waals surface area contributed by atoms with Crippen molar-refractivity contribution in [3.63, 3.8) is 0 Å². The van der Waals surface area contributed by atoms with E-state index in [-0.39, 0.29) is 5.97 Å². The molecule has 0 unspecified atom stereocenters. The van der Waals surface area contributed by atoms with E-state index >= 15 is 0 Å². The molecule has 1 aliphatic rings. The van der Waals surface area contributed by atoms with Crippen molar-refractivity contribution >= 4 is 17.3 Å². The maximum Gasteiger partial charge on any atom is 0.337 e. The topological polar surface area (TPSA) is 55.6 Å². The van der Waals surface area contributed by atoms with Crippen LogP contribution in [0.25, 0.3) is 0 Å². The van der Waals surface area contributed by atoms with Crippen LogP contribution in [0.5, 0.6) is 0 Å². The smallest absolute Gasteiger partial charge is 0.337 e. The summed E-state index contributed by atoms with van der Waals surface area (Å²) in [5.41, 5.74) is 8.13. The largest absolute Gasteiger partial charge is 0.465 e. The van der Waals surface area contributed by atoms with Gasteiger partial charge in [0.1, 0.15) is 0 Å². The van der Waals surface area contributed by atoms with E-state index in [0.29, 0.717) is 5.56 Å². The standard InChI is InChI=1S/C12H16N2O2/c1-16-12(15)9-4-5-10(13)11(8-9)14-6-2-3-7-14/h4-5,8H,2-3,6-7,13H2,1H3. The van der Waals surface area contributed by atoms with E-state index in [0.717, 1.165) is 24.5 Å². The number of ether oxygens (including phenoxy) is 1. The lowest BCUT2D eigenvalue weighted by Crippen LogP contribution is -2.19. The molecule has 4 nitrogen and oxygen atoms in total. The van der Waals surface area contributed by atoms with Gasteiger partial charge in [0.15, 0.2) is 0 Å². The first-order chi connectivity index (χ1) is 7.72. The minimum Gasteiger partial charge on any atom is -0.465 e. The number of carbonyl (C=O) groups excluding carboxylic acids is 1. The van der Waals surface area contributed by atoms with Gasteiger partial charge in [0.25, 0.3) is 0 Å². The van der Waals surface area contributed by atoms with Gasteiger partial charge in [0, 0.05) is 13.1 Å². The number of hydrogen-bond acceptors (Lipinski definition) is 4. The Hall–Kier alpha value is -1.71. The number of esters is 1. The molecule has 1 saturated heterocycles. The molecule has 2 N–H and O–H groups in total. The van der Waals surface area contributed by atoms with Crippen LogP contribution in [-0.2, 0) is 4.74 Å². The van der Waals surface area contributed by atoms with Crippen molar-refractivity contribution in [1.82, 2.24) is 0 Å². The Morgan fingerprint density at radius 3 is 2.69 bits per heavy atom. The first kappa shape index (κ1) is 10.8. The summed E-state index contributed by atoms with van der Waals surface area (Å²) in [5, 5.41) is 0. The normalized spacial score (nSPS) is 15.2. The number of nitrogens with two attached hydrogens (primary N) is 1. The molecule has 0 amide bonds. The van der Waals surface area contributed by atoms with Crippen LogP contribution < -0.4 is 10.6 Å². The molecule has 1 fully saturated rings. The van der Waals surface area contributed by atoms with E-state index in [9.17, 15) is 4.79 Å². The van der Waals surface area contributed by atoms with Crippen LogP contribution >= 0.6 is 0 Å². The van der Waals surface area contributed by atoms with Crippen molar-refractivity contribution in [2.75, 3.05) is 30.8 Å². The van der Waals surface area contributed by atoms with Gasteiger partial charge < -0.3 is 15.4 Å². The van der Waals surface area contributed by atoms with Crippen molar-refractivity contribution in [3.8, 4) is 0 Å². The summed E-state index contributed by atoms with van der Waals surface area (Å²) >= 11 is 0. The zero-order valence-corrected chi connectivity index (χ0v) is 9.40. The molecule has 1 aromatic rings. The van der Waals surface area contributed by atoms with Crippen molar-refractivity contribution in [2.24, 2.45) is 0 Å². The van der Waals surface area contributed by atoms with E-state index in [4.69, 9.17) is 10.5 Å². The molecule has 16 heavy (non-hydrogen) atoms. The Morgan fingerprint density at radius 2 is 2.06 bits per heavy atom. The first-order valence-corrected chi connectivity index (χ1v) is 5.45. The highest BCUT2D eigenvalue weighted by Gasteiger charge is 2.16. The molecule has 0 atom stereocenters. The third-order valence-electron chi connectivity index (χ3n) is 2.90. The summed E-state index contributed by atoms with van der Waals surface area (Å²) in [6.07, 6.45) is 2.36. The SMILES string of the molecule is COC(=O)c1ccc(N)c(N2CCCC2)c1. The molecule has 1 aromatic carbocycles. The Bertz CT molecular complexity index is 398. The number of benzene rings is 1. The summed E-state index contributed by atoms with van der Waals surface area (Å²) in [5.74, 6) is -0.319. The average molecular weight is 220 g/mol. The third kappa shape index (κ3) is 1.96. The van der Waals surface area contributed by atoms with Gasteiger partial charge >= 0.3 is 5.97 Å². The zero-order valence-electron chi connectivity index (χ0n) is 9.40. The summed E-state index contributed by atoms with van der Waals surface area (Å²) in [6, 6.07) is 5.27. The zero-order chi connectivity index (χ0) is 11.5. The number of nitrogens with zero attached hydrogens (tertiary/aromatic N) is 1. The van der Waals surface area contributed by atoms with Gasteiger partial charge in [0.2, 0.25) is 0 Å². The van der Waals surface area contributed by atoms with Gasteiger partial charge in [-0.05, 0) is 31.0 Å². The van der Waals surface area contributed by atoms with Gasteiger partial charge in [-0.15, -0.1) is 0 Å². The molecule has 0 bridgehead atoms. The van der Waals surface area contributed by atoms with Gasteiger partial charge in [-0.2, -0.15) is 0 Å². The molecule has 1 aliphatic heterocycles. The second-order valence-corrected chi connectivity index (χ2v) is 3.96. The van der Waals surface area contributed by atoms with E-state index in [1.807, 2.05) is 6.07 Å². The van der Waals surface area contributed by atoms with Gasteiger partial charge in [-0.1, -0.05) is 0 Å². The van der Waals surface area contributed by atoms with E-state index in [1.54, 1.807) is 12.1 Å². The number of methoxy groups -OCH3 is 1. The van der Waals surface area contributed by atoms with Crippen LogP contribution in [0.15, 0.2) is 18.2 Å². The first-order valence-electron chi connectivity index (χ1n) is 5.45. The molecule has 2 rings (SSSR count). The van der Waals surface area contributed by atoms with E-state index < -0.39 is 0 Å². The van der Waals surface area contributed by atoms with Crippen molar-refractivity contribution in [1.29, 1.82) is 0 Å². The maximum absolute atomic E-state index is 11.4. The quantitative estimate of drug-likeness (QED) is 0.608. The minimum absolute atomic E-state index is 0.319. The Labute approximate surface area is 95.0 Å². The van der Waals surface area contributed by atoms with Crippen LogP contribution in [0.3, 0.4) is 0 Å². The molecular weight excluding hydrogens is 204 g/mol. The monoisotopic (exact) mass is 220 g/mol. The fourth-order valence-electron chi connectivity index (χ4n) is 2.02. The summed E-state index contributed by atoms with van der Waals surface area (Å²) in [4.78, 5) is 13.6. The second kappa shape index (κ2) is 4.43. The fraction of sp³-hybridized carbons (Fsp3) is 0.417. The lowest BCUT2D eigenvalue weighted by atomic mass is 10.1. The minimum atomic E-state index is -0.319. The molecule has 1 heterocycles. The van der Waals surface area contributed by atoms with Gasteiger partial charge in [-0.25, -0.2) is 4.79 Å². The molecule has 86 valence electrons. The summed E-state index contributed by atoms with van der Waals surface area (Å²) < 4.78 is 4.70. The van der Waals surface area contributed by atoms with E-state index in [2.05, 4.69) is 4.90 Å². The number of rotatable bonds is 2. The molecule has 4 heteroatoms. The van der Waals surface area contributed by atoms with Crippen molar-refractivity contribution in [2.45, 2.75) is 12.8 Å². The summed E-state index contributed by atoms with van der Waals surface area (Å²) in [7, 11) is 1.38. The molecular formula is C12H16N2O2. The molecule has 0 spiro atoms. The van der Waals surface area contributed by atoms with Gasteiger partial charge in [-0.3, -0.25) is 0 Å². The number of carbonyl (C=O) groups is 1. The maximum atomic E-state index is 11.4. The van der Waals surface area contributed by atoms with Crippen LogP contribution in [0, 0.1) is 0 Å². The average Bonchev–Trinajstić information content (AvgIpc) is 2.82. The Morgan fingerprint density at radius 1 is 1.38 bits per heavy atom. The van der Waals surface area contributed by atoms with Crippen LogP contribution in [0.1, 0.15) is 23.2 Å². The lowest BCUT2D eigenvalue weighted by molar-refractivity contribution is 0.0601. The second-order valence-electron chi connectivity index (χ2n) is 3.96. The third-order valence-corrected chi connectivity index (χ3v) is 2.90. The number of hydrogen-bond donors (Lipinski definition) is 1. The highest BCUT2D eigenvalue weighted by Crippen LogP contribution is 2.27. The van der Waals surface area contributed by atoms with E-state index in [1.165, 1.54) is 20.0 Å². The molecule has 0 radical (unpaired) electrons. The highest BCUT2D eigenvalue weighted by molar-refractivity contribution is 5.92. The van der Waals surface area contributed by atoms with Crippen molar-refractivity contribution in [3.05, 3.63) is 23.8 Å². The number of anilines is 2.